The van der Waals surface area contributed by atoms with Gasteiger partial charge in [-0.15, -0.1) is 0 Å². The molecule has 2 amide bonds. The number of ether oxygens (including phenoxy) is 2. The molecule has 0 unspecified atom stereocenters. The third-order valence-electron chi connectivity index (χ3n) is 7.62. The van der Waals surface area contributed by atoms with Gasteiger partial charge in [0.1, 0.15) is 12.6 Å². The number of nitrogens with one attached hydrogen (secondary N) is 1. The third kappa shape index (κ3) is 7.42. The van der Waals surface area contributed by atoms with Crippen molar-refractivity contribution < 1.29 is 27.5 Å². The van der Waals surface area contributed by atoms with Crippen molar-refractivity contribution in [3.05, 3.63) is 84.4 Å². The van der Waals surface area contributed by atoms with Gasteiger partial charge in [0.15, 0.2) is 11.5 Å². The second-order valence-corrected chi connectivity index (χ2v) is 12.2. The van der Waals surface area contributed by atoms with Crippen LogP contribution in [0.4, 0.5) is 5.69 Å². The molecule has 0 heterocycles. The first-order valence-electron chi connectivity index (χ1n) is 14.2. The zero-order valence-corrected chi connectivity index (χ0v) is 25.2. The summed E-state index contributed by atoms with van der Waals surface area (Å²) in [5, 5.41) is 3.09. The molecule has 1 aliphatic rings. The number of methoxy groups -OCH3 is 2. The number of hydrogen-bond acceptors (Lipinski definition) is 6. The van der Waals surface area contributed by atoms with E-state index in [-0.39, 0.29) is 29.1 Å². The van der Waals surface area contributed by atoms with Gasteiger partial charge in [-0.2, -0.15) is 0 Å². The highest BCUT2D eigenvalue weighted by Gasteiger charge is 2.33. The predicted molar refractivity (Wildman–Crippen MR) is 162 cm³/mol. The molecule has 1 atom stereocenters. The van der Waals surface area contributed by atoms with E-state index in [4.69, 9.17) is 9.47 Å². The zero-order chi connectivity index (χ0) is 30.1. The molecular formula is C32H39N3O6S. The minimum Gasteiger partial charge on any atom is -0.493 e. The monoisotopic (exact) mass is 593 g/mol. The number of benzene rings is 3. The second kappa shape index (κ2) is 14.2. The van der Waals surface area contributed by atoms with Crippen molar-refractivity contribution in [2.24, 2.45) is 0 Å². The van der Waals surface area contributed by atoms with E-state index in [1.165, 1.54) is 37.3 Å². The van der Waals surface area contributed by atoms with Gasteiger partial charge in [-0.05, 0) is 56.0 Å². The summed E-state index contributed by atoms with van der Waals surface area (Å²) < 4.78 is 39.8. The molecule has 42 heavy (non-hydrogen) atoms. The van der Waals surface area contributed by atoms with Gasteiger partial charge in [0.25, 0.3) is 10.0 Å². The fourth-order valence-electron chi connectivity index (χ4n) is 5.19. The Labute approximate surface area is 248 Å². The van der Waals surface area contributed by atoms with Crippen molar-refractivity contribution in [1.82, 2.24) is 10.2 Å². The van der Waals surface area contributed by atoms with Gasteiger partial charge in [-0.1, -0.05) is 61.4 Å². The lowest BCUT2D eigenvalue weighted by Gasteiger charge is -2.32. The summed E-state index contributed by atoms with van der Waals surface area (Å²) in [6.45, 7) is 1.46. The van der Waals surface area contributed by atoms with Crippen molar-refractivity contribution >= 4 is 27.5 Å². The van der Waals surface area contributed by atoms with E-state index in [1.807, 2.05) is 30.3 Å². The normalized spacial score (nSPS) is 14.2. The molecule has 4 rings (SSSR count). The van der Waals surface area contributed by atoms with Gasteiger partial charge in [-0.3, -0.25) is 13.9 Å². The Bertz CT molecular complexity index is 1440. The van der Waals surface area contributed by atoms with E-state index in [2.05, 4.69) is 5.32 Å². The van der Waals surface area contributed by atoms with Crippen LogP contribution in [0.3, 0.4) is 0 Å². The van der Waals surface area contributed by atoms with Crippen LogP contribution < -0.4 is 19.1 Å². The SMILES string of the molecule is COc1ccc(S(=O)(=O)N(CC(=O)N(CCc2ccccc2)[C@H](C)C(=O)NC2CCCC2)c2ccccc2)cc1OC. The van der Waals surface area contributed by atoms with Crippen molar-refractivity contribution in [2.75, 3.05) is 31.6 Å². The number of carbonyl (C=O) groups is 2. The Hall–Kier alpha value is -4.05. The summed E-state index contributed by atoms with van der Waals surface area (Å²) >= 11 is 0. The maximum absolute atomic E-state index is 14.1. The smallest absolute Gasteiger partial charge is 0.264 e. The molecule has 0 aromatic heterocycles. The first kappa shape index (κ1) is 30.9. The van der Waals surface area contributed by atoms with E-state index in [0.29, 0.717) is 17.9 Å². The molecular weight excluding hydrogens is 554 g/mol. The molecule has 3 aromatic rings. The molecule has 10 heteroatoms. The first-order chi connectivity index (χ1) is 20.2. The fourth-order valence-corrected chi connectivity index (χ4v) is 6.62. The second-order valence-electron chi connectivity index (χ2n) is 10.4. The maximum Gasteiger partial charge on any atom is 0.264 e. The minimum atomic E-state index is -4.22. The van der Waals surface area contributed by atoms with Gasteiger partial charge in [0, 0.05) is 18.7 Å². The molecule has 0 radical (unpaired) electrons. The summed E-state index contributed by atoms with van der Waals surface area (Å²) in [6.07, 6.45) is 4.48. The molecule has 9 nitrogen and oxygen atoms in total. The van der Waals surface area contributed by atoms with Crippen LogP contribution >= 0.6 is 0 Å². The molecule has 0 spiro atoms. The predicted octanol–water partition coefficient (Wildman–Crippen LogP) is 4.42. The number of para-hydroxylation sites is 1. The largest absolute Gasteiger partial charge is 0.493 e. The third-order valence-corrected chi connectivity index (χ3v) is 9.39. The summed E-state index contributed by atoms with van der Waals surface area (Å²) in [4.78, 5) is 28.8. The molecule has 0 aliphatic heterocycles. The van der Waals surface area contributed by atoms with Gasteiger partial charge in [0.2, 0.25) is 11.8 Å². The van der Waals surface area contributed by atoms with Crippen molar-refractivity contribution in [3.63, 3.8) is 0 Å². The van der Waals surface area contributed by atoms with Crippen LogP contribution in [0.2, 0.25) is 0 Å². The lowest BCUT2D eigenvalue weighted by atomic mass is 10.1. The molecule has 1 saturated carbocycles. The van der Waals surface area contributed by atoms with E-state index >= 15 is 0 Å². The molecule has 1 N–H and O–H groups in total. The number of amides is 2. The number of hydrogen-bond donors (Lipinski definition) is 1. The van der Waals surface area contributed by atoms with Crippen molar-refractivity contribution in [2.45, 2.75) is 56.0 Å². The van der Waals surface area contributed by atoms with Crippen molar-refractivity contribution in [3.8, 4) is 11.5 Å². The summed E-state index contributed by atoms with van der Waals surface area (Å²) in [7, 11) is -1.33. The highest BCUT2D eigenvalue weighted by Crippen LogP contribution is 2.32. The highest BCUT2D eigenvalue weighted by molar-refractivity contribution is 7.92. The Morgan fingerprint density at radius 2 is 1.52 bits per heavy atom. The highest BCUT2D eigenvalue weighted by atomic mass is 32.2. The summed E-state index contributed by atoms with van der Waals surface area (Å²) in [5.41, 5.74) is 1.34. The fraction of sp³-hybridized carbons (Fsp3) is 0.375. The Morgan fingerprint density at radius 3 is 2.14 bits per heavy atom. The standard InChI is InChI=1S/C32H39N3O6S/c1-24(32(37)33-26-14-10-11-15-26)34(21-20-25-12-6-4-7-13-25)31(36)23-35(27-16-8-5-9-17-27)42(38,39)28-18-19-29(40-2)30(22-28)41-3/h4-9,12-13,16-19,22,24,26H,10-11,14-15,20-21,23H2,1-3H3,(H,33,37)/t24-/m1/s1. The van der Waals surface area contributed by atoms with Crippen LogP contribution in [0.1, 0.15) is 38.2 Å². The average Bonchev–Trinajstić information content (AvgIpc) is 3.53. The van der Waals surface area contributed by atoms with Gasteiger partial charge in [0.05, 0.1) is 24.8 Å². The first-order valence-corrected chi connectivity index (χ1v) is 15.6. The maximum atomic E-state index is 14.1. The van der Waals surface area contributed by atoms with E-state index in [1.54, 1.807) is 37.3 Å². The lowest BCUT2D eigenvalue weighted by Crippen LogP contribution is -2.53. The van der Waals surface area contributed by atoms with E-state index in [0.717, 1.165) is 35.6 Å². The molecule has 1 aliphatic carbocycles. The van der Waals surface area contributed by atoms with Crippen molar-refractivity contribution in [1.29, 1.82) is 0 Å². The lowest BCUT2D eigenvalue weighted by molar-refractivity contribution is -0.139. The number of rotatable bonds is 13. The summed E-state index contributed by atoms with van der Waals surface area (Å²) in [6, 6.07) is 21.8. The Kier molecular flexibility index (Phi) is 10.5. The number of carbonyl (C=O) groups excluding carboxylic acids is 2. The molecule has 0 saturated heterocycles. The average molecular weight is 594 g/mol. The van der Waals surface area contributed by atoms with Gasteiger partial charge < -0.3 is 19.7 Å². The van der Waals surface area contributed by atoms with Gasteiger partial charge in [-0.25, -0.2) is 8.42 Å². The van der Waals surface area contributed by atoms with E-state index in [9.17, 15) is 18.0 Å². The number of nitrogens with zero attached hydrogens (tertiary/aromatic N) is 2. The zero-order valence-electron chi connectivity index (χ0n) is 24.4. The quantitative estimate of drug-likeness (QED) is 0.315. The Morgan fingerprint density at radius 1 is 0.905 bits per heavy atom. The van der Waals surface area contributed by atoms with Crippen LogP contribution in [0, 0.1) is 0 Å². The minimum absolute atomic E-state index is 0.0559. The molecule has 3 aromatic carbocycles. The number of sulfonamides is 1. The molecule has 1 fully saturated rings. The number of anilines is 1. The van der Waals surface area contributed by atoms with Crippen LogP contribution in [0.15, 0.2) is 83.8 Å². The van der Waals surface area contributed by atoms with Crippen LogP contribution in [-0.4, -0.2) is 64.5 Å². The Balaban J connectivity index is 1.65. The van der Waals surface area contributed by atoms with Gasteiger partial charge >= 0.3 is 0 Å². The van der Waals surface area contributed by atoms with Crippen LogP contribution in [0.25, 0.3) is 0 Å². The molecule has 0 bridgehead atoms. The summed E-state index contributed by atoms with van der Waals surface area (Å²) in [5.74, 6) is -0.0854. The van der Waals surface area contributed by atoms with Crippen LogP contribution in [-0.2, 0) is 26.0 Å². The topological polar surface area (TPSA) is 105 Å². The van der Waals surface area contributed by atoms with E-state index < -0.39 is 28.5 Å². The molecule has 224 valence electrons. The van der Waals surface area contributed by atoms with Crippen LogP contribution in [0.5, 0.6) is 11.5 Å².